The topological polar surface area (TPSA) is 64.1 Å². The zero-order chi connectivity index (χ0) is 20.3. The molecule has 0 saturated heterocycles. The monoisotopic (exact) mass is 415 g/mol. The number of hydrogen-bond donors (Lipinski definition) is 1. The first-order valence-corrected chi connectivity index (χ1v) is 10.9. The van der Waals surface area contributed by atoms with Crippen molar-refractivity contribution in [3.63, 3.8) is 0 Å². The highest BCUT2D eigenvalue weighted by atomic mass is 32.1. The Hall–Kier alpha value is -3.25. The second-order valence-corrected chi connectivity index (χ2v) is 8.59. The molecule has 0 bridgehead atoms. The fraction of sp³-hybridized carbons (Fsp3) is 0.208. The van der Waals surface area contributed by atoms with Crippen LogP contribution in [0.3, 0.4) is 0 Å². The van der Waals surface area contributed by atoms with E-state index in [1.807, 2.05) is 54.6 Å². The maximum absolute atomic E-state index is 11.6. The number of nitrogens with zero attached hydrogens (tertiary/aromatic N) is 2. The minimum atomic E-state index is 0.363. The average Bonchev–Trinajstić information content (AvgIpc) is 3.36. The molecule has 1 saturated carbocycles. The van der Waals surface area contributed by atoms with Gasteiger partial charge in [0, 0.05) is 30.3 Å². The summed E-state index contributed by atoms with van der Waals surface area (Å²) in [5.74, 6) is 2.10. The number of anilines is 2. The van der Waals surface area contributed by atoms with Gasteiger partial charge in [0.15, 0.2) is 5.13 Å². The summed E-state index contributed by atoms with van der Waals surface area (Å²) in [6.45, 7) is 0. The molecule has 6 heteroatoms. The van der Waals surface area contributed by atoms with Crippen LogP contribution in [-0.4, -0.2) is 15.8 Å². The quantitative estimate of drug-likeness (QED) is 0.410. The lowest BCUT2D eigenvalue weighted by Gasteiger charge is -2.13. The third-order valence-corrected chi connectivity index (χ3v) is 6.27. The number of hydrogen-bond acceptors (Lipinski definition) is 6. The van der Waals surface area contributed by atoms with Crippen molar-refractivity contribution in [1.29, 1.82) is 0 Å². The summed E-state index contributed by atoms with van der Waals surface area (Å²) in [6, 6.07) is 19.8. The average molecular weight is 416 g/mol. The van der Waals surface area contributed by atoms with Crippen LogP contribution < -0.4 is 10.1 Å². The molecule has 2 aromatic carbocycles. The smallest absolute Gasteiger partial charge is 0.222 e. The summed E-state index contributed by atoms with van der Waals surface area (Å²) < 4.78 is 7.22. The molecule has 5 nitrogen and oxygen atoms in total. The zero-order valence-corrected chi connectivity index (χ0v) is 17.2. The molecule has 1 unspecified atom stereocenters. The minimum Gasteiger partial charge on any atom is -0.439 e. The van der Waals surface area contributed by atoms with E-state index in [2.05, 4.69) is 21.4 Å². The van der Waals surface area contributed by atoms with E-state index in [1.54, 1.807) is 17.5 Å². The predicted octanol–water partition coefficient (Wildman–Crippen LogP) is 6.14. The number of nitrogens with one attached hydrogen (secondary N) is 1. The Bertz CT molecular complexity index is 1150. The highest BCUT2D eigenvalue weighted by Crippen LogP contribution is 2.32. The fourth-order valence-electron chi connectivity index (χ4n) is 3.81. The van der Waals surface area contributed by atoms with Crippen LogP contribution in [0.25, 0.3) is 10.2 Å². The van der Waals surface area contributed by atoms with E-state index >= 15 is 0 Å². The van der Waals surface area contributed by atoms with Gasteiger partial charge in [-0.25, -0.2) is 9.97 Å². The minimum absolute atomic E-state index is 0.363. The van der Waals surface area contributed by atoms with Crippen LogP contribution >= 0.6 is 11.3 Å². The Morgan fingerprint density at radius 2 is 1.93 bits per heavy atom. The molecule has 1 aliphatic rings. The number of para-hydroxylation sites is 1. The van der Waals surface area contributed by atoms with Crippen molar-refractivity contribution < 1.29 is 9.53 Å². The Morgan fingerprint density at radius 3 is 2.73 bits per heavy atom. The highest BCUT2D eigenvalue weighted by Gasteiger charge is 2.23. The molecular weight excluding hydrogens is 394 g/mol. The molecule has 1 aliphatic carbocycles. The Balaban J connectivity index is 1.27. The van der Waals surface area contributed by atoms with Gasteiger partial charge in [0.1, 0.15) is 11.5 Å². The second-order valence-electron chi connectivity index (χ2n) is 7.56. The van der Waals surface area contributed by atoms with Gasteiger partial charge < -0.3 is 10.1 Å². The molecule has 0 spiro atoms. The van der Waals surface area contributed by atoms with Crippen molar-refractivity contribution in [3.05, 3.63) is 72.4 Å². The number of aromatic nitrogens is 2. The van der Waals surface area contributed by atoms with Gasteiger partial charge in [-0.3, -0.25) is 4.79 Å². The molecule has 150 valence electrons. The number of carbonyl (C=O) groups excluding carboxylic acids is 1. The van der Waals surface area contributed by atoms with Gasteiger partial charge in [0.25, 0.3) is 0 Å². The third kappa shape index (κ3) is 4.19. The molecule has 1 N–H and O–H groups in total. The van der Waals surface area contributed by atoms with Gasteiger partial charge in [-0.1, -0.05) is 29.5 Å². The van der Waals surface area contributed by atoms with Gasteiger partial charge in [-0.15, -0.1) is 0 Å². The van der Waals surface area contributed by atoms with Crippen molar-refractivity contribution in [2.75, 3.05) is 5.32 Å². The van der Waals surface area contributed by atoms with Gasteiger partial charge in [-0.2, -0.15) is 0 Å². The lowest BCUT2D eigenvalue weighted by molar-refractivity contribution is -0.117. The van der Waals surface area contributed by atoms with E-state index in [0.29, 0.717) is 30.4 Å². The number of rotatable bonds is 6. The van der Waals surface area contributed by atoms with Crippen molar-refractivity contribution in [2.24, 2.45) is 5.92 Å². The van der Waals surface area contributed by atoms with Crippen molar-refractivity contribution in [3.8, 4) is 11.6 Å². The number of Topliss-reactive ketones (excluding diaryl/α,β-unsaturated/α-hetero) is 1. The Labute approximate surface area is 178 Å². The van der Waals surface area contributed by atoms with Gasteiger partial charge in [0.2, 0.25) is 5.88 Å². The number of benzene rings is 2. The SMILES string of the molecule is O=C1CCC(Cc2cccnc2Oc2ccc(Nc3nc4ccccc4s3)cc2)C1. The lowest BCUT2D eigenvalue weighted by Crippen LogP contribution is -2.03. The molecule has 0 radical (unpaired) electrons. The molecule has 0 aliphatic heterocycles. The first kappa shape index (κ1) is 18.8. The molecule has 2 heterocycles. The Morgan fingerprint density at radius 1 is 1.07 bits per heavy atom. The normalized spacial score (nSPS) is 16.1. The molecule has 4 aromatic rings. The molecule has 2 aromatic heterocycles. The molecule has 1 atom stereocenters. The largest absolute Gasteiger partial charge is 0.439 e. The van der Waals surface area contributed by atoms with Crippen LogP contribution in [0.5, 0.6) is 11.6 Å². The summed E-state index contributed by atoms with van der Waals surface area (Å²) in [6.07, 6.45) is 4.89. The molecule has 30 heavy (non-hydrogen) atoms. The van der Waals surface area contributed by atoms with E-state index in [1.165, 1.54) is 0 Å². The maximum atomic E-state index is 11.6. The first-order valence-electron chi connectivity index (χ1n) is 10.1. The summed E-state index contributed by atoms with van der Waals surface area (Å²) in [5.41, 5.74) is 3.00. The maximum Gasteiger partial charge on any atom is 0.222 e. The summed E-state index contributed by atoms with van der Waals surface area (Å²) in [4.78, 5) is 20.6. The van der Waals surface area contributed by atoms with Crippen LogP contribution in [0.1, 0.15) is 24.8 Å². The number of ether oxygens (including phenoxy) is 1. The summed E-state index contributed by atoms with van der Waals surface area (Å²) in [7, 11) is 0. The van der Waals surface area contributed by atoms with Crippen molar-refractivity contribution >= 4 is 38.2 Å². The zero-order valence-electron chi connectivity index (χ0n) is 16.4. The highest BCUT2D eigenvalue weighted by molar-refractivity contribution is 7.22. The van der Waals surface area contributed by atoms with Gasteiger partial charge in [0.05, 0.1) is 10.2 Å². The van der Waals surface area contributed by atoms with Crippen LogP contribution in [0, 0.1) is 5.92 Å². The van der Waals surface area contributed by atoms with E-state index in [0.717, 1.165) is 45.2 Å². The van der Waals surface area contributed by atoms with E-state index in [9.17, 15) is 4.79 Å². The molecule has 5 rings (SSSR count). The van der Waals surface area contributed by atoms with Crippen LogP contribution in [0.2, 0.25) is 0 Å². The number of fused-ring (bicyclic) bond motifs is 1. The van der Waals surface area contributed by atoms with Crippen LogP contribution in [-0.2, 0) is 11.2 Å². The first-order chi connectivity index (χ1) is 14.7. The number of pyridine rings is 1. The van der Waals surface area contributed by atoms with Crippen molar-refractivity contribution in [1.82, 2.24) is 9.97 Å². The molecular formula is C24H21N3O2S. The second kappa shape index (κ2) is 8.24. The third-order valence-electron chi connectivity index (χ3n) is 5.32. The van der Waals surface area contributed by atoms with E-state index in [-0.39, 0.29) is 0 Å². The lowest BCUT2D eigenvalue weighted by atomic mass is 9.99. The summed E-state index contributed by atoms with van der Waals surface area (Å²) >= 11 is 1.63. The molecule has 1 fully saturated rings. The predicted molar refractivity (Wildman–Crippen MR) is 120 cm³/mol. The standard InChI is InChI=1S/C24H21N3O2S/c28-19-10-7-16(15-19)14-17-4-3-13-25-23(17)29-20-11-8-18(9-12-20)26-24-27-21-5-1-2-6-22(21)30-24/h1-6,8-9,11-13,16H,7,10,14-15H2,(H,26,27). The number of carbonyl (C=O) groups is 1. The van der Waals surface area contributed by atoms with E-state index < -0.39 is 0 Å². The van der Waals surface area contributed by atoms with Crippen LogP contribution in [0.4, 0.5) is 10.8 Å². The van der Waals surface area contributed by atoms with Crippen LogP contribution in [0.15, 0.2) is 66.9 Å². The summed E-state index contributed by atoms with van der Waals surface area (Å²) in [5, 5.41) is 4.22. The number of thiazole rings is 1. The Kier molecular flexibility index (Phi) is 5.15. The fourth-order valence-corrected chi connectivity index (χ4v) is 4.70. The van der Waals surface area contributed by atoms with E-state index in [4.69, 9.17) is 4.74 Å². The number of ketones is 1. The van der Waals surface area contributed by atoms with Gasteiger partial charge in [-0.05, 0) is 61.2 Å². The molecule has 0 amide bonds. The van der Waals surface area contributed by atoms with Crippen molar-refractivity contribution in [2.45, 2.75) is 25.7 Å². The van der Waals surface area contributed by atoms with Gasteiger partial charge >= 0.3 is 0 Å².